The SMILES string of the molecule is N#C[C@@H]1[C@H](c2ccccc2-c2cccc(F)c2)[C@H](CO)N1C(=O)C1CC1. The lowest BCUT2D eigenvalue weighted by Gasteiger charge is -2.52. The van der Waals surface area contributed by atoms with Crippen LogP contribution in [0.15, 0.2) is 48.5 Å². The Kier molecular flexibility index (Phi) is 4.21. The molecule has 3 atom stereocenters. The highest BCUT2D eigenvalue weighted by molar-refractivity contribution is 5.84. The maximum absolute atomic E-state index is 13.7. The van der Waals surface area contributed by atoms with Crippen molar-refractivity contribution in [3.63, 3.8) is 0 Å². The van der Waals surface area contributed by atoms with E-state index in [1.54, 1.807) is 11.0 Å². The van der Waals surface area contributed by atoms with Gasteiger partial charge in [0.2, 0.25) is 5.91 Å². The average molecular weight is 350 g/mol. The van der Waals surface area contributed by atoms with E-state index in [1.807, 2.05) is 30.3 Å². The van der Waals surface area contributed by atoms with Crippen molar-refractivity contribution in [2.45, 2.75) is 30.8 Å². The molecular formula is C21H19FN2O2. The van der Waals surface area contributed by atoms with Crippen LogP contribution >= 0.6 is 0 Å². The highest BCUT2D eigenvalue weighted by Gasteiger charge is 2.54. The summed E-state index contributed by atoms with van der Waals surface area (Å²) in [4.78, 5) is 14.1. The third-order valence-electron chi connectivity index (χ3n) is 5.37. The summed E-state index contributed by atoms with van der Waals surface area (Å²) in [6.45, 7) is -0.196. The fourth-order valence-electron chi connectivity index (χ4n) is 3.93. The van der Waals surface area contributed by atoms with Crippen molar-refractivity contribution in [1.82, 2.24) is 4.90 Å². The molecule has 26 heavy (non-hydrogen) atoms. The largest absolute Gasteiger partial charge is 0.394 e. The van der Waals surface area contributed by atoms with Crippen LogP contribution in [0.1, 0.15) is 24.3 Å². The van der Waals surface area contributed by atoms with Crippen molar-refractivity contribution in [3.8, 4) is 17.2 Å². The van der Waals surface area contributed by atoms with Crippen molar-refractivity contribution in [1.29, 1.82) is 5.26 Å². The normalized spacial score (nSPS) is 24.7. The molecule has 4 nitrogen and oxygen atoms in total. The van der Waals surface area contributed by atoms with Gasteiger partial charge in [0, 0.05) is 11.8 Å². The first-order valence-electron chi connectivity index (χ1n) is 8.83. The van der Waals surface area contributed by atoms with E-state index < -0.39 is 12.1 Å². The quantitative estimate of drug-likeness (QED) is 0.922. The molecule has 0 bridgehead atoms. The third-order valence-corrected chi connectivity index (χ3v) is 5.37. The second-order valence-electron chi connectivity index (χ2n) is 6.97. The van der Waals surface area contributed by atoms with Gasteiger partial charge in [0.25, 0.3) is 0 Å². The number of hydrogen-bond donors (Lipinski definition) is 1. The second kappa shape index (κ2) is 6.54. The Morgan fingerprint density at radius 1 is 1.23 bits per heavy atom. The number of amides is 1. The summed E-state index contributed by atoms with van der Waals surface area (Å²) in [6.07, 6.45) is 1.71. The van der Waals surface area contributed by atoms with Gasteiger partial charge in [0.15, 0.2) is 0 Å². The van der Waals surface area contributed by atoms with Gasteiger partial charge in [-0.15, -0.1) is 0 Å². The Hall–Kier alpha value is -2.71. The van der Waals surface area contributed by atoms with Gasteiger partial charge in [-0.25, -0.2) is 4.39 Å². The summed E-state index contributed by atoms with van der Waals surface area (Å²) in [7, 11) is 0. The fourth-order valence-corrected chi connectivity index (χ4v) is 3.93. The fraction of sp³-hybridized carbons (Fsp3) is 0.333. The van der Waals surface area contributed by atoms with Gasteiger partial charge < -0.3 is 10.0 Å². The second-order valence-corrected chi connectivity index (χ2v) is 6.97. The summed E-state index contributed by atoms with van der Waals surface area (Å²) in [5, 5.41) is 19.6. The molecule has 0 aromatic heterocycles. The molecule has 1 N–H and O–H groups in total. The van der Waals surface area contributed by atoms with Crippen LogP contribution in [0.3, 0.4) is 0 Å². The summed E-state index contributed by atoms with van der Waals surface area (Å²) in [5.41, 5.74) is 2.42. The van der Waals surface area contributed by atoms with Crippen molar-refractivity contribution >= 4 is 5.91 Å². The number of halogens is 1. The monoisotopic (exact) mass is 350 g/mol. The first-order valence-corrected chi connectivity index (χ1v) is 8.83. The molecule has 2 fully saturated rings. The lowest BCUT2D eigenvalue weighted by atomic mass is 9.73. The van der Waals surface area contributed by atoms with Gasteiger partial charge in [-0.1, -0.05) is 36.4 Å². The Morgan fingerprint density at radius 3 is 2.65 bits per heavy atom. The van der Waals surface area contributed by atoms with Gasteiger partial charge in [-0.2, -0.15) is 5.26 Å². The Balaban J connectivity index is 1.73. The number of aliphatic hydroxyl groups is 1. The number of carbonyl (C=O) groups is 1. The van der Waals surface area contributed by atoms with Crippen molar-refractivity contribution in [2.75, 3.05) is 6.61 Å². The number of nitriles is 1. The van der Waals surface area contributed by atoms with Crippen LogP contribution in [0.5, 0.6) is 0 Å². The Morgan fingerprint density at radius 2 is 2.00 bits per heavy atom. The van der Waals surface area contributed by atoms with Crippen LogP contribution in [-0.2, 0) is 4.79 Å². The van der Waals surface area contributed by atoms with Crippen LogP contribution in [0.2, 0.25) is 0 Å². The standard InChI is InChI=1S/C21H19FN2O2/c22-15-5-3-4-14(10-15)16-6-1-2-7-17(16)20-18(11-23)24(19(20)12-25)21(26)13-8-9-13/h1-7,10,13,18-20,25H,8-9,12H2/t18-,19+,20+/m1/s1. The van der Waals surface area contributed by atoms with Gasteiger partial charge in [0.1, 0.15) is 11.9 Å². The first kappa shape index (κ1) is 16.7. The number of benzene rings is 2. The van der Waals surface area contributed by atoms with E-state index in [0.29, 0.717) is 0 Å². The number of carbonyl (C=O) groups excluding carboxylic acids is 1. The molecule has 1 aliphatic heterocycles. The molecule has 0 radical (unpaired) electrons. The van der Waals surface area contributed by atoms with E-state index in [9.17, 15) is 19.6 Å². The molecule has 2 aliphatic rings. The van der Waals surface area contributed by atoms with Crippen molar-refractivity contribution in [3.05, 3.63) is 59.9 Å². The van der Waals surface area contributed by atoms with E-state index in [1.165, 1.54) is 12.1 Å². The van der Waals surface area contributed by atoms with Crippen molar-refractivity contribution in [2.24, 2.45) is 5.92 Å². The average Bonchev–Trinajstić information content (AvgIpc) is 3.47. The predicted octanol–water partition coefficient (Wildman–Crippen LogP) is 3.08. The van der Waals surface area contributed by atoms with Gasteiger partial charge in [-0.3, -0.25) is 4.79 Å². The summed E-state index contributed by atoms with van der Waals surface area (Å²) in [5.74, 6) is -0.645. The zero-order chi connectivity index (χ0) is 18.3. The van der Waals surface area contributed by atoms with Crippen molar-refractivity contribution < 1.29 is 14.3 Å². The minimum atomic E-state index is -0.602. The molecule has 4 rings (SSSR count). The highest BCUT2D eigenvalue weighted by atomic mass is 19.1. The molecule has 2 aromatic carbocycles. The number of nitrogens with zero attached hydrogens (tertiary/aromatic N) is 2. The molecule has 1 saturated heterocycles. The molecule has 2 aromatic rings. The zero-order valence-electron chi connectivity index (χ0n) is 14.2. The number of rotatable bonds is 4. The lowest BCUT2D eigenvalue weighted by Crippen LogP contribution is -2.65. The number of likely N-dealkylation sites (tertiary alicyclic amines) is 1. The van der Waals surface area contributed by atoms with E-state index >= 15 is 0 Å². The maximum Gasteiger partial charge on any atom is 0.227 e. The first-order chi connectivity index (χ1) is 12.7. The molecule has 5 heteroatoms. The molecule has 1 saturated carbocycles. The van der Waals surface area contributed by atoms with Crippen LogP contribution in [0.4, 0.5) is 4.39 Å². The topological polar surface area (TPSA) is 64.3 Å². The zero-order valence-corrected chi connectivity index (χ0v) is 14.2. The van der Waals surface area contributed by atoms with Crippen LogP contribution < -0.4 is 0 Å². The molecule has 132 valence electrons. The Labute approximate surface area is 151 Å². The van der Waals surface area contributed by atoms with E-state index in [0.717, 1.165) is 29.5 Å². The number of aliphatic hydroxyl groups excluding tert-OH is 1. The van der Waals surface area contributed by atoms with Gasteiger partial charge >= 0.3 is 0 Å². The Bertz CT molecular complexity index is 888. The van der Waals surface area contributed by atoms with E-state index in [-0.39, 0.29) is 30.2 Å². The van der Waals surface area contributed by atoms with Gasteiger partial charge in [-0.05, 0) is 41.7 Å². The summed E-state index contributed by atoms with van der Waals surface area (Å²) >= 11 is 0. The minimum Gasteiger partial charge on any atom is -0.394 e. The maximum atomic E-state index is 13.7. The molecule has 1 aliphatic carbocycles. The predicted molar refractivity (Wildman–Crippen MR) is 94.4 cm³/mol. The number of hydrogen-bond acceptors (Lipinski definition) is 3. The molecule has 0 spiro atoms. The van der Waals surface area contributed by atoms with Gasteiger partial charge in [0.05, 0.1) is 18.7 Å². The highest BCUT2D eigenvalue weighted by Crippen LogP contribution is 2.46. The van der Waals surface area contributed by atoms with E-state index in [4.69, 9.17) is 0 Å². The van der Waals surface area contributed by atoms with Crippen LogP contribution in [-0.4, -0.2) is 34.6 Å². The molecule has 1 amide bonds. The molecule has 0 unspecified atom stereocenters. The minimum absolute atomic E-state index is 0.000636. The smallest absolute Gasteiger partial charge is 0.227 e. The summed E-state index contributed by atoms with van der Waals surface area (Å²) in [6, 6.07) is 15.1. The van der Waals surface area contributed by atoms with Crippen LogP contribution in [0.25, 0.3) is 11.1 Å². The van der Waals surface area contributed by atoms with E-state index in [2.05, 4.69) is 6.07 Å². The third kappa shape index (κ3) is 2.67. The molecule has 1 heterocycles. The molecular weight excluding hydrogens is 331 g/mol. The lowest BCUT2D eigenvalue weighted by molar-refractivity contribution is -0.148. The summed E-state index contributed by atoms with van der Waals surface area (Å²) < 4.78 is 13.7. The van der Waals surface area contributed by atoms with Crippen LogP contribution in [0, 0.1) is 23.1 Å².